The number of hydrogen-bond acceptors (Lipinski definition) is 14. The number of esters is 2. The van der Waals surface area contributed by atoms with E-state index in [1.54, 1.807) is 0 Å². The van der Waals surface area contributed by atoms with E-state index in [1.165, 1.54) is 42.1 Å². The first kappa shape index (κ1) is 68.2. The molecule has 480 valence electrons. The molecule has 0 saturated carbocycles. The van der Waals surface area contributed by atoms with Crippen LogP contribution in [0.15, 0.2) is 97.1 Å². The Morgan fingerprint density at radius 1 is 0.506 bits per heavy atom. The highest BCUT2D eigenvalue weighted by Crippen LogP contribution is 2.46. The smallest absolute Gasteiger partial charge is 0.407 e. The highest BCUT2D eigenvalue weighted by atomic mass is 16.6. The molecule has 2 fully saturated rings. The van der Waals surface area contributed by atoms with Crippen LogP contribution in [0.1, 0.15) is 146 Å². The summed E-state index contributed by atoms with van der Waals surface area (Å²) in [6, 6.07) is 28.1. The van der Waals surface area contributed by atoms with Crippen molar-refractivity contribution in [1.29, 1.82) is 0 Å². The van der Waals surface area contributed by atoms with Crippen LogP contribution in [-0.4, -0.2) is 153 Å². The van der Waals surface area contributed by atoms with Crippen molar-refractivity contribution in [3.63, 3.8) is 0 Å². The number of likely N-dealkylation sites (tertiary alicyclic amines) is 2. The van der Waals surface area contributed by atoms with Crippen LogP contribution in [0.25, 0.3) is 22.3 Å². The lowest BCUT2D eigenvalue weighted by molar-refractivity contribution is -0.147. The number of alkyl carbamates (subject to hydrolysis) is 2. The number of unbranched alkanes of at least 4 members (excludes halogenated alkanes) is 2. The average Bonchev–Trinajstić information content (AvgIpc) is 1.67. The van der Waals surface area contributed by atoms with Crippen LogP contribution >= 0.6 is 0 Å². The molecule has 4 aromatic carbocycles. The highest BCUT2D eigenvalue weighted by molar-refractivity contribution is 5.94. The molecule has 2 heterocycles. The van der Waals surface area contributed by atoms with Gasteiger partial charge in [-0.05, 0) is 133 Å². The average molecular weight is 1230 g/mol. The number of nitrogens with two attached hydrogens (primary N) is 1. The van der Waals surface area contributed by atoms with Gasteiger partial charge in [-0.1, -0.05) is 125 Å². The Morgan fingerprint density at radius 3 is 1.24 bits per heavy atom. The fraction of sp³-hybridized carbons (Fsp3) is 0.515. The lowest BCUT2D eigenvalue weighted by Gasteiger charge is -2.30. The van der Waals surface area contributed by atoms with Crippen LogP contribution in [0.2, 0.25) is 0 Å². The van der Waals surface area contributed by atoms with Gasteiger partial charge in [-0.3, -0.25) is 24.0 Å². The number of nitrogens with one attached hydrogen (secondary N) is 5. The largest absolute Gasteiger partial charge is 0.467 e. The summed E-state index contributed by atoms with van der Waals surface area (Å²) in [6.45, 7) is 11.3. The fourth-order valence-electron chi connectivity index (χ4n) is 12.5. The zero-order valence-electron chi connectivity index (χ0n) is 52.5. The Kier molecular flexibility index (Phi) is 25.5. The summed E-state index contributed by atoms with van der Waals surface area (Å²) in [5.41, 5.74) is 15.3. The molecule has 89 heavy (non-hydrogen) atoms. The monoisotopic (exact) mass is 1230 g/mol. The van der Waals surface area contributed by atoms with E-state index in [2.05, 4.69) is 75.1 Å². The Labute approximate surface area is 522 Å². The van der Waals surface area contributed by atoms with Crippen molar-refractivity contribution >= 4 is 53.7 Å². The third kappa shape index (κ3) is 18.4. The van der Waals surface area contributed by atoms with E-state index in [0.717, 1.165) is 33.4 Å². The molecule has 0 aromatic heterocycles. The van der Waals surface area contributed by atoms with Gasteiger partial charge >= 0.3 is 24.1 Å². The van der Waals surface area contributed by atoms with E-state index in [-0.39, 0.29) is 60.5 Å². The minimum Gasteiger partial charge on any atom is -0.467 e. The molecular weight excluding hydrogens is 1140 g/mol. The topological polar surface area (TPSA) is 283 Å². The molecule has 0 spiro atoms. The Hall–Kier alpha value is -8.33. The van der Waals surface area contributed by atoms with Gasteiger partial charge in [0.25, 0.3) is 0 Å². The maximum Gasteiger partial charge on any atom is 0.407 e. The first-order chi connectivity index (χ1) is 42.8. The van der Waals surface area contributed by atoms with Gasteiger partial charge in [0.15, 0.2) is 0 Å². The van der Waals surface area contributed by atoms with Crippen LogP contribution in [0, 0.1) is 11.8 Å². The van der Waals surface area contributed by atoms with E-state index in [0.29, 0.717) is 103 Å². The number of fused-ring (bicyclic) bond motifs is 6. The molecular formula is C68H90N8O13. The van der Waals surface area contributed by atoms with Gasteiger partial charge in [0.05, 0.1) is 20.3 Å². The van der Waals surface area contributed by atoms with Gasteiger partial charge in [-0.15, -0.1) is 0 Å². The molecule has 21 heteroatoms. The van der Waals surface area contributed by atoms with Crippen molar-refractivity contribution in [3.8, 4) is 22.3 Å². The first-order valence-corrected chi connectivity index (χ1v) is 31.4. The first-order valence-electron chi connectivity index (χ1n) is 31.4. The number of nitrogens with zero attached hydrogens (tertiary/aromatic N) is 2. The Bertz CT molecular complexity index is 3030. The zero-order chi connectivity index (χ0) is 64.1. The van der Waals surface area contributed by atoms with Gasteiger partial charge < -0.3 is 61.1 Å². The van der Waals surface area contributed by atoms with Gasteiger partial charge in [0.2, 0.25) is 29.5 Å². The van der Waals surface area contributed by atoms with E-state index in [9.17, 15) is 43.2 Å². The molecule has 6 atom stereocenters. The second-order valence-corrected chi connectivity index (χ2v) is 24.2. The number of benzene rings is 4. The summed E-state index contributed by atoms with van der Waals surface area (Å²) >= 11 is 0. The van der Waals surface area contributed by atoms with Crippen LogP contribution < -0.4 is 32.3 Å². The minimum absolute atomic E-state index is 0.0143. The molecule has 7 N–H and O–H groups in total. The Balaban J connectivity index is 0.000000254. The summed E-state index contributed by atoms with van der Waals surface area (Å²) < 4.78 is 21.0. The molecule has 2 aliphatic heterocycles. The summed E-state index contributed by atoms with van der Waals surface area (Å²) in [4.78, 5) is 117. The minimum atomic E-state index is -0.897. The van der Waals surface area contributed by atoms with Crippen molar-refractivity contribution in [2.45, 2.75) is 160 Å². The molecule has 21 nitrogen and oxygen atoms in total. The molecule has 2 saturated heterocycles. The van der Waals surface area contributed by atoms with Gasteiger partial charge in [0, 0.05) is 44.9 Å². The summed E-state index contributed by atoms with van der Waals surface area (Å²) in [5, 5.41) is 13.8. The maximum atomic E-state index is 13.3. The van der Waals surface area contributed by atoms with Crippen molar-refractivity contribution in [2.75, 3.05) is 53.6 Å². The van der Waals surface area contributed by atoms with Crippen LogP contribution in [0.4, 0.5) is 9.59 Å². The van der Waals surface area contributed by atoms with E-state index >= 15 is 0 Å². The van der Waals surface area contributed by atoms with Crippen molar-refractivity contribution in [1.82, 2.24) is 36.4 Å². The third-order valence-corrected chi connectivity index (χ3v) is 16.8. The third-order valence-electron chi connectivity index (χ3n) is 16.8. The summed E-state index contributed by atoms with van der Waals surface area (Å²) in [7, 11) is 2.53. The molecule has 7 amide bonds. The second-order valence-electron chi connectivity index (χ2n) is 24.2. The molecule has 4 aliphatic rings. The van der Waals surface area contributed by atoms with Crippen LogP contribution in [0.3, 0.4) is 0 Å². The standard InChI is InChI=1S/C35H46N4O7.C33H44N4O6/c1-22(2)20-30(37-23(3)40)33(42)39-19-11-17-31(39)32(41)38-29(34(43)45-4)16-9-10-18-36-35(44)46-21-28-26-14-7-5-12-24(26)25-13-6-8-15-27(25)28;1-21(2)19-27(34)31(39)37-18-10-16-29(37)30(38)36-28(32(40)42-3)15-8-9-17-35-33(41)43-20-26-24-13-6-4-11-22(24)23-12-5-7-14-25(23)26/h5-8,12-15,22,28-31H,9-11,16-21H2,1-4H3,(H,36,44)(H,37,40)(H,38,41);4-7,11-14,21,26-29H,8-10,15-20,34H2,1-3H3,(H,35,41)(H,36,38)/t29-,30-,31-;27-,28-,29-/m00/s1. The molecule has 4 aromatic rings. The number of rotatable bonds is 27. The predicted molar refractivity (Wildman–Crippen MR) is 336 cm³/mol. The van der Waals surface area contributed by atoms with Crippen LogP contribution in [0.5, 0.6) is 0 Å². The van der Waals surface area contributed by atoms with E-state index in [1.807, 2.05) is 76.2 Å². The summed E-state index contributed by atoms with van der Waals surface area (Å²) in [6.07, 6.45) is 5.14. The molecule has 8 rings (SSSR count). The lowest BCUT2D eigenvalue weighted by atomic mass is 9.98. The number of carbonyl (C=O) groups excluding carboxylic acids is 9. The zero-order valence-corrected chi connectivity index (χ0v) is 52.5. The number of ether oxygens (including phenoxy) is 4. The van der Waals surface area contributed by atoms with Crippen molar-refractivity contribution < 1.29 is 62.1 Å². The van der Waals surface area contributed by atoms with E-state index < -0.39 is 66.3 Å². The predicted octanol–water partition coefficient (Wildman–Crippen LogP) is 7.61. The molecule has 0 radical (unpaired) electrons. The molecule has 0 unspecified atom stereocenters. The quantitative estimate of drug-likeness (QED) is 0.0190. The summed E-state index contributed by atoms with van der Waals surface area (Å²) in [5.74, 6) is -2.39. The van der Waals surface area contributed by atoms with E-state index in [4.69, 9.17) is 24.7 Å². The van der Waals surface area contributed by atoms with Gasteiger partial charge in [-0.2, -0.15) is 0 Å². The van der Waals surface area contributed by atoms with Crippen molar-refractivity contribution in [2.24, 2.45) is 17.6 Å². The fourth-order valence-corrected chi connectivity index (χ4v) is 12.5. The normalized spacial score (nSPS) is 16.9. The second kappa shape index (κ2) is 33.3. The SMILES string of the molecule is COC(=O)[C@H](CCCCNC(=O)OCC1c2ccccc2-c2ccccc21)NC(=O)[C@@H]1CCCN1C(=O)[C@@H](N)CC(C)C.COC(=O)[C@H](CCCCNC(=O)OCC1c2ccccc2-c2ccccc21)NC(=O)[C@@H]1CCCN1C(=O)[C@H](CC(C)C)NC(C)=O. The highest BCUT2D eigenvalue weighted by Gasteiger charge is 2.41. The molecule has 2 aliphatic carbocycles. The number of amides is 7. The Morgan fingerprint density at radius 2 is 0.876 bits per heavy atom. The van der Waals surface area contributed by atoms with Gasteiger partial charge in [-0.25, -0.2) is 19.2 Å². The number of carbonyl (C=O) groups is 9. The number of methoxy groups -OCH3 is 2. The number of hydrogen-bond donors (Lipinski definition) is 6. The van der Waals surface area contributed by atoms with Gasteiger partial charge in [0.1, 0.15) is 43.4 Å². The molecule has 0 bridgehead atoms. The maximum absolute atomic E-state index is 13.3. The van der Waals surface area contributed by atoms with Crippen molar-refractivity contribution in [3.05, 3.63) is 119 Å². The lowest BCUT2D eigenvalue weighted by Crippen LogP contribution is -2.55. The van der Waals surface area contributed by atoms with Crippen LogP contribution in [-0.2, 0) is 52.5 Å².